The van der Waals surface area contributed by atoms with E-state index in [1.54, 1.807) is 5.57 Å². The fraction of sp³-hybridized carbons (Fsp3) is 0.880. The molecule has 0 bridgehead atoms. The van der Waals surface area contributed by atoms with Crippen LogP contribution in [0, 0.1) is 34.5 Å². The Bertz CT molecular complexity index is 652. The molecule has 0 aromatic rings. The second kappa shape index (κ2) is 7.45. The van der Waals surface area contributed by atoms with Gasteiger partial charge in [0.1, 0.15) is 0 Å². The molecule has 0 amide bonds. The minimum Gasteiger partial charge on any atom is -0.469 e. The lowest BCUT2D eigenvalue weighted by atomic mass is 9.50. The smallest absolute Gasteiger partial charge is 0.305 e. The maximum atomic E-state index is 11.6. The van der Waals surface area contributed by atoms with Crippen molar-refractivity contribution in [3.8, 4) is 0 Å². The van der Waals surface area contributed by atoms with Gasteiger partial charge in [-0.1, -0.05) is 31.9 Å². The summed E-state index contributed by atoms with van der Waals surface area (Å²) in [5, 5.41) is 10.2. The van der Waals surface area contributed by atoms with Crippen LogP contribution in [0.25, 0.3) is 0 Å². The van der Waals surface area contributed by atoms with Gasteiger partial charge in [0.15, 0.2) is 0 Å². The van der Waals surface area contributed by atoms with Gasteiger partial charge in [-0.05, 0) is 98.7 Å². The van der Waals surface area contributed by atoms with Gasteiger partial charge in [0.05, 0.1) is 13.2 Å². The number of rotatable bonds is 4. The van der Waals surface area contributed by atoms with Crippen LogP contribution in [0.3, 0.4) is 0 Å². The summed E-state index contributed by atoms with van der Waals surface area (Å²) < 4.78 is 4.87. The normalized spacial score (nSPS) is 43.8. The third-order valence-corrected chi connectivity index (χ3v) is 9.76. The number of aliphatic hydroxyl groups is 1. The molecule has 0 saturated heterocycles. The number of esters is 1. The first-order valence-electron chi connectivity index (χ1n) is 11.8. The zero-order valence-corrected chi connectivity index (χ0v) is 18.4. The molecule has 2 fully saturated rings. The molecule has 3 heteroatoms. The molecule has 0 unspecified atom stereocenters. The minimum atomic E-state index is -0.0689. The van der Waals surface area contributed by atoms with E-state index >= 15 is 0 Å². The molecule has 2 saturated carbocycles. The van der Waals surface area contributed by atoms with Crippen molar-refractivity contribution in [1.82, 2.24) is 0 Å². The summed E-state index contributed by atoms with van der Waals surface area (Å²) >= 11 is 0. The standard InChI is InChI=1S/C25H40O3/c1-16(5-10-23(27)28-4)20-8-9-21-19-7-6-17-15-18(26)11-13-24(17,2)22(19)12-14-25(20,21)3/h16-18,20-21,26H,5-15H2,1-4H3/t16-,17+,18+,20-,21+,24+,25-/m1/s1. The SMILES string of the molecule is COC(=O)CC[C@@H](C)[C@H]1CC[C@H]2C3=C(CC[C@]12C)[C@@]1(C)CC[C@H](O)C[C@@H]1CC3. The Morgan fingerprint density at radius 3 is 2.71 bits per heavy atom. The molecule has 158 valence electrons. The molecule has 0 aromatic heterocycles. The second-order valence-corrected chi connectivity index (χ2v) is 10.9. The van der Waals surface area contributed by atoms with Crippen LogP contribution < -0.4 is 0 Å². The molecule has 4 aliphatic carbocycles. The molecular formula is C25H40O3. The van der Waals surface area contributed by atoms with Crippen LogP contribution in [-0.2, 0) is 9.53 Å². The number of hydrogen-bond donors (Lipinski definition) is 1. The van der Waals surface area contributed by atoms with Crippen molar-refractivity contribution in [3.63, 3.8) is 0 Å². The van der Waals surface area contributed by atoms with E-state index < -0.39 is 0 Å². The molecule has 0 radical (unpaired) electrons. The zero-order chi connectivity index (χ0) is 20.1. The Kier molecular flexibility index (Phi) is 5.44. The van der Waals surface area contributed by atoms with Gasteiger partial charge in [-0.15, -0.1) is 0 Å². The minimum absolute atomic E-state index is 0.0640. The highest BCUT2D eigenvalue weighted by molar-refractivity contribution is 5.69. The molecule has 28 heavy (non-hydrogen) atoms. The molecule has 3 nitrogen and oxygen atoms in total. The van der Waals surface area contributed by atoms with E-state index in [-0.39, 0.29) is 12.1 Å². The van der Waals surface area contributed by atoms with E-state index in [0.717, 1.165) is 31.1 Å². The van der Waals surface area contributed by atoms with Crippen molar-refractivity contribution in [3.05, 3.63) is 11.1 Å². The summed E-state index contributed by atoms with van der Waals surface area (Å²) in [4.78, 5) is 11.6. The first-order valence-corrected chi connectivity index (χ1v) is 11.8. The molecule has 0 aromatic carbocycles. The van der Waals surface area contributed by atoms with E-state index in [1.807, 2.05) is 5.57 Å². The topological polar surface area (TPSA) is 46.5 Å². The lowest BCUT2D eigenvalue weighted by molar-refractivity contribution is -0.141. The highest BCUT2D eigenvalue weighted by Crippen LogP contribution is 2.65. The largest absolute Gasteiger partial charge is 0.469 e. The maximum Gasteiger partial charge on any atom is 0.305 e. The number of fused-ring (bicyclic) bond motifs is 4. The first kappa shape index (κ1) is 20.4. The van der Waals surface area contributed by atoms with Crippen molar-refractivity contribution in [2.75, 3.05) is 7.11 Å². The first-order chi connectivity index (χ1) is 13.3. The third-order valence-electron chi connectivity index (χ3n) is 9.76. The predicted molar refractivity (Wildman–Crippen MR) is 112 cm³/mol. The van der Waals surface area contributed by atoms with Crippen molar-refractivity contribution in [2.45, 2.75) is 97.5 Å². The summed E-state index contributed by atoms with van der Waals surface area (Å²) in [6.07, 6.45) is 12.4. The summed E-state index contributed by atoms with van der Waals surface area (Å²) in [7, 11) is 1.50. The van der Waals surface area contributed by atoms with Crippen molar-refractivity contribution < 1.29 is 14.6 Å². The number of carbonyl (C=O) groups is 1. The Labute approximate surface area is 171 Å². The van der Waals surface area contributed by atoms with Crippen molar-refractivity contribution in [2.24, 2.45) is 34.5 Å². The summed E-state index contributed by atoms with van der Waals surface area (Å²) in [6.45, 7) is 7.45. The number of ether oxygens (including phenoxy) is 1. The number of methoxy groups -OCH3 is 1. The lowest BCUT2D eigenvalue weighted by Gasteiger charge is -2.55. The van der Waals surface area contributed by atoms with Gasteiger partial charge in [-0.2, -0.15) is 0 Å². The van der Waals surface area contributed by atoms with E-state index in [2.05, 4.69) is 20.8 Å². The number of aliphatic hydroxyl groups excluding tert-OH is 1. The summed E-state index contributed by atoms with van der Waals surface area (Å²) in [5.41, 5.74) is 4.39. The van der Waals surface area contributed by atoms with E-state index in [1.165, 1.54) is 52.1 Å². The number of allylic oxidation sites excluding steroid dienone is 2. The van der Waals surface area contributed by atoms with Gasteiger partial charge in [0.25, 0.3) is 0 Å². The van der Waals surface area contributed by atoms with Gasteiger partial charge < -0.3 is 9.84 Å². The summed E-state index contributed by atoms with van der Waals surface area (Å²) in [6, 6.07) is 0. The van der Waals surface area contributed by atoms with Gasteiger partial charge >= 0.3 is 5.97 Å². The van der Waals surface area contributed by atoms with Crippen LogP contribution in [0.15, 0.2) is 11.1 Å². The van der Waals surface area contributed by atoms with Crippen LogP contribution in [0.4, 0.5) is 0 Å². The van der Waals surface area contributed by atoms with E-state index in [9.17, 15) is 9.90 Å². The molecule has 4 rings (SSSR count). The Morgan fingerprint density at radius 2 is 1.96 bits per heavy atom. The van der Waals surface area contributed by atoms with Crippen molar-refractivity contribution in [1.29, 1.82) is 0 Å². The van der Waals surface area contributed by atoms with Gasteiger partial charge in [0.2, 0.25) is 0 Å². The van der Waals surface area contributed by atoms with Gasteiger partial charge in [-0.25, -0.2) is 0 Å². The van der Waals surface area contributed by atoms with E-state index in [0.29, 0.717) is 29.1 Å². The monoisotopic (exact) mass is 388 g/mol. The fourth-order valence-corrected chi connectivity index (χ4v) is 8.06. The third kappa shape index (κ3) is 3.16. The molecule has 0 spiro atoms. The molecule has 0 aliphatic heterocycles. The van der Waals surface area contributed by atoms with Crippen LogP contribution in [-0.4, -0.2) is 24.3 Å². The fourth-order valence-electron chi connectivity index (χ4n) is 8.06. The van der Waals surface area contributed by atoms with Crippen LogP contribution in [0.1, 0.15) is 91.4 Å². The van der Waals surface area contributed by atoms with Gasteiger partial charge in [-0.3, -0.25) is 4.79 Å². The van der Waals surface area contributed by atoms with Crippen LogP contribution in [0.2, 0.25) is 0 Å². The molecule has 7 atom stereocenters. The second-order valence-electron chi connectivity index (χ2n) is 10.9. The highest BCUT2D eigenvalue weighted by Gasteiger charge is 2.55. The maximum absolute atomic E-state index is 11.6. The molecule has 0 heterocycles. The van der Waals surface area contributed by atoms with Crippen LogP contribution >= 0.6 is 0 Å². The van der Waals surface area contributed by atoms with Crippen LogP contribution in [0.5, 0.6) is 0 Å². The molecule has 1 N–H and O–H groups in total. The van der Waals surface area contributed by atoms with Crippen molar-refractivity contribution >= 4 is 5.97 Å². The highest BCUT2D eigenvalue weighted by atomic mass is 16.5. The predicted octanol–water partition coefficient (Wildman–Crippen LogP) is 5.66. The van der Waals surface area contributed by atoms with Gasteiger partial charge in [0, 0.05) is 6.42 Å². The molecular weight excluding hydrogens is 348 g/mol. The summed E-state index contributed by atoms with van der Waals surface area (Å²) in [5.74, 6) is 2.70. The Hall–Kier alpha value is -0.830. The Morgan fingerprint density at radius 1 is 1.18 bits per heavy atom. The average Bonchev–Trinajstić information content (AvgIpc) is 3.03. The Balaban J connectivity index is 1.55. The number of carbonyl (C=O) groups excluding carboxylic acids is 1. The zero-order valence-electron chi connectivity index (χ0n) is 18.4. The van der Waals surface area contributed by atoms with E-state index in [4.69, 9.17) is 4.74 Å². The molecule has 4 aliphatic rings. The quantitative estimate of drug-likeness (QED) is 0.499. The number of hydrogen-bond acceptors (Lipinski definition) is 3. The average molecular weight is 389 g/mol. The lowest BCUT2D eigenvalue weighted by Crippen LogP contribution is -2.45.